The molecule has 1 N–H and O–H groups in total. The third-order valence-corrected chi connectivity index (χ3v) is 7.09. The van der Waals surface area contributed by atoms with Crippen molar-refractivity contribution in [2.45, 2.75) is 24.4 Å². The van der Waals surface area contributed by atoms with E-state index in [9.17, 15) is 13.2 Å². The first kappa shape index (κ1) is 19.7. The third-order valence-electron chi connectivity index (χ3n) is 4.92. The van der Waals surface area contributed by atoms with E-state index in [1.54, 1.807) is 12.1 Å². The molecule has 1 amide bonds. The highest BCUT2D eigenvalue weighted by Gasteiger charge is 2.29. The highest BCUT2D eigenvalue weighted by Crippen LogP contribution is 2.27. The van der Waals surface area contributed by atoms with Crippen molar-refractivity contribution in [1.82, 2.24) is 9.62 Å². The lowest BCUT2D eigenvalue weighted by Crippen LogP contribution is -2.36. The van der Waals surface area contributed by atoms with Crippen molar-refractivity contribution < 1.29 is 17.6 Å². The number of sulfonamides is 1. The van der Waals surface area contributed by atoms with E-state index in [1.165, 1.54) is 28.8 Å². The van der Waals surface area contributed by atoms with Crippen molar-refractivity contribution in [3.63, 3.8) is 0 Å². The van der Waals surface area contributed by atoms with E-state index in [0.717, 1.165) is 11.1 Å². The molecule has 2 heterocycles. The van der Waals surface area contributed by atoms with Crippen LogP contribution in [-0.4, -0.2) is 25.2 Å². The highest BCUT2D eigenvalue weighted by atomic mass is 35.5. The maximum atomic E-state index is 13.2. The van der Waals surface area contributed by atoms with E-state index in [2.05, 4.69) is 5.32 Å². The molecule has 1 aliphatic rings. The van der Waals surface area contributed by atoms with Crippen molar-refractivity contribution >= 4 is 27.5 Å². The van der Waals surface area contributed by atoms with E-state index in [-0.39, 0.29) is 22.0 Å². The Morgan fingerprint density at radius 1 is 1.10 bits per heavy atom. The van der Waals surface area contributed by atoms with Gasteiger partial charge >= 0.3 is 0 Å². The minimum Gasteiger partial charge on any atom is -0.467 e. The number of hydrogen-bond donors (Lipinski definition) is 1. The molecule has 0 atom stereocenters. The topological polar surface area (TPSA) is 79.6 Å². The average molecular weight is 431 g/mol. The lowest BCUT2D eigenvalue weighted by atomic mass is 10.0. The molecule has 0 saturated carbocycles. The summed E-state index contributed by atoms with van der Waals surface area (Å²) < 4.78 is 32.9. The van der Waals surface area contributed by atoms with Crippen LogP contribution >= 0.6 is 11.6 Å². The van der Waals surface area contributed by atoms with Crippen LogP contribution in [0.15, 0.2) is 70.2 Å². The van der Waals surface area contributed by atoms with Crippen LogP contribution in [0.25, 0.3) is 0 Å². The standard InChI is InChI=1S/C21H19ClN2O4S/c22-20-8-7-18(12-19(20)21(25)23-13-17-6-3-11-28-17)29(26,27)24-10-9-15-4-1-2-5-16(15)14-24/h1-8,11-12H,9-10,13-14H2,(H,23,25). The number of carbonyl (C=O) groups excluding carboxylic acids is 1. The molecule has 29 heavy (non-hydrogen) atoms. The van der Waals surface area contributed by atoms with Gasteiger partial charge in [0.15, 0.2) is 0 Å². The Morgan fingerprint density at radius 3 is 2.66 bits per heavy atom. The van der Waals surface area contributed by atoms with Gasteiger partial charge in [0.2, 0.25) is 10.0 Å². The van der Waals surface area contributed by atoms with E-state index in [0.29, 0.717) is 25.3 Å². The Hall–Kier alpha value is -2.61. The molecule has 4 rings (SSSR count). The molecule has 0 bridgehead atoms. The number of rotatable bonds is 5. The number of fused-ring (bicyclic) bond motifs is 1. The third kappa shape index (κ3) is 4.07. The lowest BCUT2D eigenvalue weighted by Gasteiger charge is -2.28. The van der Waals surface area contributed by atoms with Gasteiger partial charge in [-0.25, -0.2) is 8.42 Å². The van der Waals surface area contributed by atoms with Gasteiger partial charge < -0.3 is 9.73 Å². The molecule has 150 valence electrons. The second-order valence-electron chi connectivity index (χ2n) is 6.76. The second kappa shape index (κ2) is 8.02. The molecular formula is C21H19ClN2O4S. The maximum absolute atomic E-state index is 13.2. The van der Waals surface area contributed by atoms with Gasteiger partial charge in [0, 0.05) is 13.1 Å². The van der Waals surface area contributed by atoms with Crippen LogP contribution in [0.5, 0.6) is 0 Å². The van der Waals surface area contributed by atoms with E-state index >= 15 is 0 Å². The smallest absolute Gasteiger partial charge is 0.253 e. The summed E-state index contributed by atoms with van der Waals surface area (Å²) in [7, 11) is -3.76. The normalized spacial score (nSPS) is 14.4. The van der Waals surface area contributed by atoms with Gasteiger partial charge in [0.1, 0.15) is 5.76 Å². The first-order valence-electron chi connectivity index (χ1n) is 9.12. The van der Waals surface area contributed by atoms with Crippen LogP contribution in [0.4, 0.5) is 0 Å². The highest BCUT2D eigenvalue weighted by molar-refractivity contribution is 7.89. The summed E-state index contributed by atoms with van der Waals surface area (Å²) >= 11 is 6.16. The number of carbonyl (C=O) groups is 1. The molecule has 6 nitrogen and oxygen atoms in total. The van der Waals surface area contributed by atoms with Crippen LogP contribution in [0.1, 0.15) is 27.2 Å². The minimum atomic E-state index is -3.76. The van der Waals surface area contributed by atoms with Gasteiger partial charge in [0.05, 0.1) is 28.3 Å². The molecule has 0 unspecified atom stereocenters. The molecule has 1 aliphatic heterocycles. The lowest BCUT2D eigenvalue weighted by molar-refractivity contribution is 0.0948. The van der Waals surface area contributed by atoms with Crippen LogP contribution < -0.4 is 5.32 Å². The molecule has 3 aromatic rings. The van der Waals surface area contributed by atoms with Crippen molar-refractivity contribution in [3.8, 4) is 0 Å². The number of benzene rings is 2. The zero-order valence-corrected chi connectivity index (χ0v) is 17.0. The molecule has 0 fully saturated rings. The minimum absolute atomic E-state index is 0.0458. The number of nitrogens with zero attached hydrogens (tertiary/aromatic N) is 1. The molecular weight excluding hydrogens is 412 g/mol. The molecule has 0 aliphatic carbocycles. The summed E-state index contributed by atoms with van der Waals surface area (Å²) in [6.45, 7) is 0.880. The summed E-state index contributed by atoms with van der Waals surface area (Å²) in [5, 5.41) is 2.87. The van der Waals surface area contributed by atoms with Crippen LogP contribution in [0, 0.1) is 0 Å². The Kier molecular flexibility index (Phi) is 5.45. The van der Waals surface area contributed by atoms with Gasteiger partial charge in [0.25, 0.3) is 5.91 Å². The number of amides is 1. The fraction of sp³-hybridized carbons (Fsp3) is 0.190. The van der Waals surface area contributed by atoms with Crippen molar-refractivity contribution in [3.05, 3.63) is 88.3 Å². The van der Waals surface area contributed by atoms with Crippen LogP contribution in [0.2, 0.25) is 5.02 Å². The Labute approximate surface area is 174 Å². The van der Waals surface area contributed by atoms with Gasteiger partial charge in [-0.1, -0.05) is 35.9 Å². The van der Waals surface area contributed by atoms with E-state index in [1.807, 2.05) is 24.3 Å². The Bertz CT molecular complexity index is 1140. The van der Waals surface area contributed by atoms with Crippen LogP contribution in [-0.2, 0) is 29.5 Å². The summed E-state index contributed by atoms with van der Waals surface area (Å²) in [5.41, 5.74) is 2.26. The quantitative estimate of drug-likeness (QED) is 0.670. The van der Waals surface area contributed by atoms with Gasteiger partial charge in [-0.15, -0.1) is 0 Å². The molecule has 0 radical (unpaired) electrons. The largest absolute Gasteiger partial charge is 0.467 e. The fourth-order valence-electron chi connectivity index (χ4n) is 3.34. The molecule has 1 aromatic heterocycles. The number of furan rings is 1. The number of hydrogen-bond acceptors (Lipinski definition) is 4. The first-order valence-corrected chi connectivity index (χ1v) is 10.9. The van der Waals surface area contributed by atoms with E-state index < -0.39 is 15.9 Å². The molecule has 8 heteroatoms. The van der Waals surface area contributed by atoms with Crippen molar-refractivity contribution in [1.29, 1.82) is 0 Å². The average Bonchev–Trinajstić information content (AvgIpc) is 3.25. The number of halogens is 1. The molecule has 2 aromatic carbocycles. The Balaban J connectivity index is 1.57. The molecule has 0 saturated heterocycles. The predicted octanol–water partition coefficient (Wildman–Crippen LogP) is 3.61. The maximum Gasteiger partial charge on any atom is 0.253 e. The van der Waals surface area contributed by atoms with Crippen molar-refractivity contribution in [2.24, 2.45) is 0 Å². The fourth-order valence-corrected chi connectivity index (χ4v) is 4.99. The predicted molar refractivity (Wildman–Crippen MR) is 109 cm³/mol. The second-order valence-corrected chi connectivity index (χ2v) is 9.11. The monoisotopic (exact) mass is 430 g/mol. The van der Waals surface area contributed by atoms with Crippen molar-refractivity contribution in [2.75, 3.05) is 6.54 Å². The zero-order valence-electron chi connectivity index (χ0n) is 15.5. The number of nitrogens with one attached hydrogen (secondary N) is 1. The van der Waals surface area contributed by atoms with Gasteiger partial charge in [-0.3, -0.25) is 4.79 Å². The Morgan fingerprint density at radius 2 is 1.90 bits per heavy atom. The summed E-state index contributed by atoms with van der Waals surface area (Å²) in [6, 6.07) is 15.5. The summed E-state index contributed by atoms with van der Waals surface area (Å²) in [5.74, 6) is 0.123. The van der Waals surface area contributed by atoms with E-state index in [4.69, 9.17) is 16.0 Å². The first-order chi connectivity index (χ1) is 13.9. The SMILES string of the molecule is O=C(NCc1ccco1)c1cc(S(=O)(=O)N2CCc3ccccc3C2)ccc1Cl. The van der Waals surface area contributed by atoms with Crippen LogP contribution in [0.3, 0.4) is 0 Å². The summed E-state index contributed by atoms with van der Waals surface area (Å²) in [4.78, 5) is 12.6. The summed E-state index contributed by atoms with van der Waals surface area (Å²) in [6.07, 6.45) is 2.16. The molecule has 0 spiro atoms. The zero-order chi connectivity index (χ0) is 20.4. The van der Waals surface area contributed by atoms with Gasteiger partial charge in [-0.2, -0.15) is 4.31 Å². The van der Waals surface area contributed by atoms with Gasteiger partial charge in [-0.05, 0) is 47.9 Å².